The van der Waals surface area contributed by atoms with Crippen molar-refractivity contribution in [2.75, 3.05) is 0 Å². The summed E-state index contributed by atoms with van der Waals surface area (Å²) in [4.78, 5) is 12.0. The first-order chi connectivity index (χ1) is 10.2. The molecule has 0 aromatic heterocycles. The maximum Gasteiger partial charge on any atom is 0.309 e. The van der Waals surface area contributed by atoms with Gasteiger partial charge in [-0.05, 0) is 80.0 Å². The number of allylic oxidation sites excluding steroid dienone is 2. The average molecular weight is 302 g/mol. The first kappa shape index (κ1) is 14.8. The Balaban J connectivity index is 1.75. The van der Waals surface area contributed by atoms with Gasteiger partial charge in [0.2, 0.25) is 0 Å². The van der Waals surface area contributed by atoms with E-state index in [9.17, 15) is 9.90 Å². The third kappa shape index (κ3) is 1.65. The third-order valence-corrected chi connectivity index (χ3v) is 8.41. The average Bonchev–Trinajstić information content (AvgIpc) is 2.68. The highest BCUT2D eigenvalue weighted by molar-refractivity contribution is 5.75. The number of fused-ring (bicyclic) bond motifs is 3. The van der Waals surface area contributed by atoms with Crippen molar-refractivity contribution in [2.24, 2.45) is 33.5 Å². The van der Waals surface area contributed by atoms with E-state index in [1.807, 2.05) is 6.92 Å². The Morgan fingerprint density at radius 2 is 1.73 bits per heavy atom. The second-order valence-corrected chi connectivity index (χ2v) is 9.66. The van der Waals surface area contributed by atoms with Gasteiger partial charge in [0.1, 0.15) is 0 Å². The molecule has 3 fully saturated rings. The topological polar surface area (TPSA) is 37.3 Å². The highest BCUT2D eigenvalue weighted by atomic mass is 16.4. The Labute approximate surface area is 134 Å². The molecule has 0 heterocycles. The van der Waals surface area contributed by atoms with Gasteiger partial charge in [-0.3, -0.25) is 4.79 Å². The van der Waals surface area contributed by atoms with Crippen molar-refractivity contribution in [3.05, 3.63) is 12.2 Å². The molecule has 0 unspecified atom stereocenters. The van der Waals surface area contributed by atoms with E-state index < -0.39 is 11.4 Å². The van der Waals surface area contributed by atoms with E-state index in [4.69, 9.17) is 0 Å². The fourth-order valence-corrected chi connectivity index (χ4v) is 7.39. The number of hydrogen-bond acceptors (Lipinski definition) is 1. The third-order valence-electron chi connectivity index (χ3n) is 8.41. The molecule has 1 spiro atoms. The molecule has 22 heavy (non-hydrogen) atoms. The van der Waals surface area contributed by atoms with Crippen LogP contribution in [0.1, 0.15) is 72.1 Å². The standard InChI is InChI=1S/C20H30O2/c1-17-9-5-15-18(2)7-4-8-19(3,16(21)22)14(18)6-10-20(15,13-17)12-11-17/h11-12,14-15H,4-10,13H2,1-3H3,(H,21,22)/t14-,15-,17-,18+,19-,20+/m1/s1. The van der Waals surface area contributed by atoms with Gasteiger partial charge in [-0.2, -0.15) is 0 Å². The SMILES string of the molecule is C[C@]12C=C[C@@]3(CC[C@@H]4[C@](C)(CCC[C@@]4(C)C(=O)O)[C@H]3CC1)C2. The first-order valence-electron chi connectivity index (χ1n) is 9.18. The summed E-state index contributed by atoms with van der Waals surface area (Å²) in [5.41, 5.74) is 0.525. The quantitative estimate of drug-likeness (QED) is 0.689. The van der Waals surface area contributed by atoms with Gasteiger partial charge in [-0.15, -0.1) is 0 Å². The molecule has 2 bridgehead atoms. The molecular formula is C20H30O2. The fraction of sp³-hybridized carbons (Fsp3) is 0.850. The molecule has 6 atom stereocenters. The lowest BCUT2D eigenvalue weighted by molar-refractivity contribution is -0.179. The van der Waals surface area contributed by atoms with Gasteiger partial charge in [0, 0.05) is 0 Å². The van der Waals surface area contributed by atoms with Crippen LogP contribution in [-0.2, 0) is 4.79 Å². The maximum absolute atomic E-state index is 12.0. The van der Waals surface area contributed by atoms with Crippen LogP contribution in [0, 0.1) is 33.5 Å². The molecule has 4 aliphatic rings. The number of carbonyl (C=O) groups is 1. The Morgan fingerprint density at radius 1 is 1.00 bits per heavy atom. The van der Waals surface area contributed by atoms with Crippen molar-refractivity contribution in [3.8, 4) is 0 Å². The van der Waals surface area contributed by atoms with Crippen LogP contribution < -0.4 is 0 Å². The van der Waals surface area contributed by atoms with Crippen molar-refractivity contribution < 1.29 is 9.90 Å². The summed E-state index contributed by atoms with van der Waals surface area (Å²) >= 11 is 0. The zero-order valence-electron chi connectivity index (χ0n) is 14.3. The van der Waals surface area contributed by atoms with E-state index in [0.29, 0.717) is 22.7 Å². The predicted molar refractivity (Wildman–Crippen MR) is 87.4 cm³/mol. The van der Waals surface area contributed by atoms with Gasteiger partial charge < -0.3 is 5.11 Å². The summed E-state index contributed by atoms with van der Waals surface area (Å²) in [6.45, 7) is 6.90. The van der Waals surface area contributed by atoms with Gasteiger partial charge in [-0.1, -0.05) is 32.4 Å². The van der Waals surface area contributed by atoms with Crippen LogP contribution >= 0.6 is 0 Å². The Hall–Kier alpha value is -0.790. The van der Waals surface area contributed by atoms with Gasteiger partial charge >= 0.3 is 5.97 Å². The lowest BCUT2D eigenvalue weighted by Gasteiger charge is -2.63. The van der Waals surface area contributed by atoms with Crippen LogP contribution in [0.5, 0.6) is 0 Å². The second kappa shape index (κ2) is 4.19. The van der Waals surface area contributed by atoms with Crippen LogP contribution in [0.2, 0.25) is 0 Å². The lowest BCUT2D eigenvalue weighted by atomic mass is 9.40. The van der Waals surface area contributed by atoms with E-state index in [2.05, 4.69) is 26.0 Å². The molecule has 0 aliphatic heterocycles. The van der Waals surface area contributed by atoms with Crippen molar-refractivity contribution in [1.29, 1.82) is 0 Å². The van der Waals surface area contributed by atoms with Gasteiger partial charge in [0.15, 0.2) is 0 Å². The molecule has 0 saturated heterocycles. The molecule has 1 N–H and O–H groups in total. The Bertz CT molecular complexity index is 552. The minimum Gasteiger partial charge on any atom is -0.481 e. The summed E-state index contributed by atoms with van der Waals surface area (Å²) in [7, 11) is 0. The monoisotopic (exact) mass is 302 g/mol. The summed E-state index contributed by atoms with van der Waals surface area (Å²) < 4.78 is 0. The number of carboxylic acids is 1. The van der Waals surface area contributed by atoms with Gasteiger partial charge in [0.25, 0.3) is 0 Å². The van der Waals surface area contributed by atoms with E-state index in [0.717, 1.165) is 19.3 Å². The zero-order chi connectivity index (χ0) is 15.8. The smallest absolute Gasteiger partial charge is 0.309 e. The van der Waals surface area contributed by atoms with Crippen molar-refractivity contribution in [1.82, 2.24) is 0 Å². The molecule has 2 heteroatoms. The van der Waals surface area contributed by atoms with E-state index >= 15 is 0 Å². The van der Waals surface area contributed by atoms with E-state index in [1.54, 1.807) is 0 Å². The predicted octanol–water partition coefficient (Wildman–Crippen LogP) is 5.04. The highest BCUT2D eigenvalue weighted by Crippen LogP contribution is 2.71. The highest BCUT2D eigenvalue weighted by Gasteiger charge is 2.64. The number of carboxylic acid groups (broad SMARTS) is 1. The summed E-state index contributed by atoms with van der Waals surface area (Å²) in [6.07, 6.45) is 14.5. The normalized spacial score (nSPS) is 56.3. The minimum atomic E-state index is -0.554. The van der Waals surface area contributed by atoms with Gasteiger partial charge in [-0.25, -0.2) is 0 Å². The van der Waals surface area contributed by atoms with Gasteiger partial charge in [0.05, 0.1) is 5.41 Å². The van der Waals surface area contributed by atoms with Crippen LogP contribution in [-0.4, -0.2) is 11.1 Å². The number of aliphatic carboxylic acids is 1. The molecule has 4 rings (SSSR count). The number of hydrogen-bond donors (Lipinski definition) is 1. The molecule has 0 radical (unpaired) electrons. The first-order valence-corrected chi connectivity index (χ1v) is 9.18. The Morgan fingerprint density at radius 3 is 2.45 bits per heavy atom. The maximum atomic E-state index is 12.0. The fourth-order valence-electron chi connectivity index (χ4n) is 7.39. The minimum absolute atomic E-state index is 0.222. The molecular weight excluding hydrogens is 272 g/mol. The zero-order valence-corrected chi connectivity index (χ0v) is 14.3. The molecule has 2 nitrogen and oxygen atoms in total. The van der Waals surface area contributed by atoms with Crippen molar-refractivity contribution >= 4 is 5.97 Å². The van der Waals surface area contributed by atoms with Crippen LogP contribution in [0.15, 0.2) is 12.2 Å². The molecule has 0 aromatic carbocycles. The largest absolute Gasteiger partial charge is 0.481 e. The molecule has 122 valence electrons. The van der Waals surface area contributed by atoms with Crippen LogP contribution in [0.25, 0.3) is 0 Å². The summed E-state index contributed by atoms with van der Waals surface area (Å²) in [5.74, 6) is 0.506. The van der Waals surface area contributed by atoms with Crippen molar-refractivity contribution in [3.63, 3.8) is 0 Å². The molecule has 4 aliphatic carbocycles. The summed E-state index contributed by atoms with van der Waals surface area (Å²) in [6, 6.07) is 0. The number of rotatable bonds is 1. The van der Waals surface area contributed by atoms with Crippen LogP contribution in [0.3, 0.4) is 0 Å². The van der Waals surface area contributed by atoms with E-state index in [1.165, 1.54) is 32.1 Å². The van der Waals surface area contributed by atoms with E-state index in [-0.39, 0.29) is 5.41 Å². The molecule has 0 amide bonds. The Kier molecular flexibility index (Phi) is 2.81. The van der Waals surface area contributed by atoms with Crippen LogP contribution in [0.4, 0.5) is 0 Å². The molecule has 3 saturated carbocycles. The molecule has 0 aromatic rings. The second-order valence-electron chi connectivity index (χ2n) is 9.66. The van der Waals surface area contributed by atoms with Crippen molar-refractivity contribution in [2.45, 2.75) is 72.1 Å². The summed E-state index contributed by atoms with van der Waals surface area (Å²) in [5, 5.41) is 9.90. The lowest BCUT2D eigenvalue weighted by Crippen LogP contribution is -2.58.